The molecule has 2 saturated carbocycles. The van der Waals surface area contributed by atoms with E-state index >= 15 is 0 Å². The molecule has 0 heterocycles. The first kappa shape index (κ1) is 13.1. The van der Waals surface area contributed by atoms with Crippen molar-refractivity contribution in [1.82, 2.24) is 0 Å². The zero-order chi connectivity index (χ0) is 11.9. The normalized spacial score (nSPS) is 25.2. The van der Waals surface area contributed by atoms with Crippen LogP contribution in [0.15, 0.2) is 0 Å². The standard InChI is InChI=1S/C16H28O/c17-16(15-11-7-3-4-8-12-15)13-14-9-5-1-2-6-10-14/h14-15H,1-13H2. The molecule has 2 fully saturated rings. The summed E-state index contributed by atoms with van der Waals surface area (Å²) in [6.07, 6.45) is 16.7. The van der Waals surface area contributed by atoms with Gasteiger partial charge in [-0.25, -0.2) is 0 Å². The Hall–Kier alpha value is -0.330. The molecule has 2 aliphatic rings. The minimum absolute atomic E-state index is 0.431. The lowest BCUT2D eigenvalue weighted by atomic mass is 9.86. The number of hydrogen-bond acceptors (Lipinski definition) is 1. The SMILES string of the molecule is O=C(CC1CCCCCC1)C1CCCCCC1. The van der Waals surface area contributed by atoms with E-state index in [2.05, 4.69) is 0 Å². The van der Waals surface area contributed by atoms with Gasteiger partial charge in [0.2, 0.25) is 0 Å². The Morgan fingerprint density at radius 3 is 1.71 bits per heavy atom. The lowest BCUT2D eigenvalue weighted by Gasteiger charge is -2.18. The second kappa shape index (κ2) is 7.18. The predicted molar refractivity (Wildman–Crippen MR) is 72.0 cm³/mol. The van der Waals surface area contributed by atoms with Gasteiger partial charge in [0, 0.05) is 12.3 Å². The maximum atomic E-state index is 12.3. The minimum atomic E-state index is 0.431. The zero-order valence-corrected chi connectivity index (χ0v) is 11.3. The highest BCUT2D eigenvalue weighted by atomic mass is 16.1. The summed E-state index contributed by atoms with van der Waals surface area (Å²) in [7, 11) is 0. The van der Waals surface area contributed by atoms with E-state index in [1.165, 1.54) is 77.0 Å². The number of carbonyl (C=O) groups is 1. The highest BCUT2D eigenvalue weighted by Crippen LogP contribution is 2.30. The third kappa shape index (κ3) is 4.44. The number of rotatable bonds is 3. The van der Waals surface area contributed by atoms with Crippen molar-refractivity contribution in [3.63, 3.8) is 0 Å². The van der Waals surface area contributed by atoms with Crippen molar-refractivity contribution >= 4 is 5.78 Å². The van der Waals surface area contributed by atoms with Crippen molar-refractivity contribution in [3.8, 4) is 0 Å². The molecule has 1 nitrogen and oxygen atoms in total. The summed E-state index contributed by atoms with van der Waals surface area (Å²) in [5.74, 6) is 1.77. The molecule has 0 radical (unpaired) electrons. The first-order valence-corrected chi connectivity index (χ1v) is 7.89. The highest BCUT2D eigenvalue weighted by molar-refractivity contribution is 5.81. The zero-order valence-electron chi connectivity index (χ0n) is 11.3. The summed E-state index contributed by atoms with van der Waals surface area (Å²) in [6, 6.07) is 0. The van der Waals surface area contributed by atoms with Crippen LogP contribution in [0.2, 0.25) is 0 Å². The van der Waals surface area contributed by atoms with Crippen molar-refractivity contribution in [2.24, 2.45) is 11.8 Å². The summed E-state index contributed by atoms with van der Waals surface area (Å²) in [5.41, 5.74) is 0. The molecule has 0 unspecified atom stereocenters. The predicted octanol–water partition coefficient (Wildman–Crippen LogP) is 4.89. The van der Waals surface area contributed by atoms with Crippen LogP contribution in [0.3, 0.4) is 0 Å². The second-order valence-corrected chi connectivity index (χ2v) is 6.22. The first-order chi connectivity index (χ1) is 8.36. The van der Waals surface area contributed by atoms with E-state index in [4.69, 9.17) is 0 Å². The van der Waals surface area contributed by atoms with E-state index < -0.39 is 0 Å². The molecule has 2 aliphatic carbocycles. The maximum Gasteiger partial charge on any atom is 0.136 e. The fourth-order valence-corrected chi connectivity index (χ4v) is 3.62. The van der Waals surface area contributed by atoms with Gasteiger partial charge in [-0.1, -0.05) is 64.2 Å². The molecule has 0 N–H and O–H groups in total. The molecular weight excluding hydrogens is 208 g/mol. The van der Waals surface area contributed by atoms with Crippen LogP contribution >= 0.6 is 0 Å². The van der Waals surface area contributed by atoms with Gasteiger partial charge in [0.15, 0.2) is 0 Å². The minimum Gasteiger partial charge on any atom is -0.299 e. The van der Waals surface area contributed by atoms with Gasteiger partial charge in [-0.3, -0.25) is 4.79 Å². The van der Waals surface area contributed by atoms with Crippen molar-refractivity contribution in [2.75, 3.05) is 0 Å². The lowest BCUT2D eigenvalue weighted by Crippen LogP contribution is -2.17. The Labute approximate surface area is 106 Å². The third-order valence-corrected chi connectivity index (χ3v) is 4.78. The maximum absolute atomic E-state index is 12.3. The van der Waals surface area contributed by atoms with Crippen LogP contribution in [0, 0.1) is 11.8 Å². The van der Waals surface area contributed by atoms with Gasteiger partial charge in [0.1, 0.15) is 5.78 Å². The Morgan fingerprint density at radius 1 is 0.706 bits per heavy atom. The summed E-state index contributed by atoms with van der Waals surface area (Å²) in [4.78, 5) is 12.3. The van der Waals surface area contributed by atoms with Crippen LogP contribution in [-0.4, -0.2) is 5.78 Å². The van der Waals surface area contributed by atoms with E-state index in [1.807, 2.05) is 0 Å². The van der Waals surface area contributed by atoms with Gasteiger partial charge in [-0.2, -0.15) is 0 Å². The van der Waals surface area contributed by atoms with Crippen LogP contribution < -0.4 is 0 Å². The Morgan fingerprint density at radius 2 is 1.18 bits per heavy atom. The number of carbonyl (C=O) groups excluding carboxylic acids is 1. The Balaban J connectivity index is 1.77. The van der Waals surface area contributed by atoms with Crippen LogP contribution in [0.5, 0.6) is 0 Å². The van der Waals surface area contributed by atoms with Crippen LogP contribution in [-0.2, 0) is 4.79 Å². The monoisotopic (exact) mass is 236 g/mol. The topological polar surface area (TPSA) is 17.1 Å². The molecule has 98 valence electrons. The number of hydrogen-bond donors (Lipinski definition) is 0. The molecule has 0 amide bonds. The lowest BCUT2D eigenvalue weighted by molar-refractivity contribution is -0.124. The fraction of sp³-hybridized carbons (Fsp3) is 0.938. The summed E-state index contributed by atoms with van der Waals surface area (Å²) in [5, 5.41) is 0. The molecule has 17 heavy (non-hydrogen) atoms. The molecule has 0 aromatic carbocycles. The quantitative estimate of drug-likeness (QED) is 0.638. The Kier molecular flexibility index (Phi) is 5.54. The number of Topliss-reactive ketones (excluding diaryl/α,β-unsaturated/α-hetero) is 1. The van der Waals surface area contributed by atoms with Crippen LogP contribution in [0.1, 0.15) is 83.5 Å². The second-order valence-electron chi connectivity index (χ2n) is 6.22. The first-order valence-electron chi connectivity index (χ1n) is 7.89. The van der Waals surface area contributed by atoms with Gasteiger partial charge in [-0.15, -0.1) is 0 Å². The molecule has 0 aliphatic heterocycles. The number of ketones is 1. The van der Waals surface area contributed by atoms with Gasteiger partial charge in [0.25, 0.3) is 0 Å². The average Bonchev–Trinajstić information content (AvgIpc) is 2.72. The highest BCUT2D eigenvalue weighted by Gasteiger charge is 2.23. The van der Waals surface area contributed by atoms with Gasteiger partial charge < -0.3 is 0 Å². The van der Waals surface area contributed by atoms with Crippen molar-refractivity contribution in [2.45, 2.75) is 83.5 Å². The molecule has 0 saturated heterocycles. The van der Waals surface area contributed by atoms with Crippen molar-refractivity contribution < 1.29 is 4.79 Å². The smallest absolute Gasteiger partial charge is 0.136 e. The van der Waals surface area contributed by atoms with Crippen LogP contribution in [0.25, 0.3) is 0 Å². The molecule has 0 spiro atoms. The molecular formula is C16H28O. The average molecular weight is 236 g/mol. The largest absolute Gasteiger partial charge is 0.299 e. The van der Waals surface area contributed by atoms with E-state index in [-0.39, 0.29) is 0 Å². The molecule has 2 rings (SSSR count). The molecule has 0 bridgehead atoms. The Bertz CT molecular complexity index is 218. The van der Waals surface area contributed by atoms with E-state index in [0.717, 1.165) is 12.3 Å². The van der Waals surface area contributed by atoms with Crippen molar-refractivity contribution in [3.05, 3.63) is 0 Å². The summed E-state index contributed by atoms with van der Waals surface area (Å²) >= 11 is 0. The molecule has 1 heteroatoms. The summed E-state index contributed by atoms with van der Waals surface area (Å²) < 4.78 is 0. The van der Waals surface area contributed by atoms with Gasteiger partial charge >= 0.3 is 0 Å². The van der Waals surface area contributed by atoms with E-state index in [0.29, 0.717) is 11.7 Å². The fourth-order valence-electron chi connectivity index (χ4n) is 3.62. The molecule has 0 atom stereocenters. The summed E-state index contributed by atoms with van der Waals surface area (Å²) in [6.45, 7) is 0. The van der Waals surface area contributed by atoms with Crippen molar-refractivity contribution in [1.29, 1.82) is 0 Å². The molecule has 0 aromatic rings. The van der Waals surface area contributed by atoms with E-state index in [9.17, 15) is 4.79 Å². The van der Waals surface area contributed by atoms with E-state index in [1.54, 1.807) is 0 Å². The van der Waals surface area contributed by atoms with Crippen LogP contribution in [0.4, 0.5) is 0 Å². The van der Waals surface area contributed by atoms with Gasteiger partial charge in [0.05, 0.1) is 0 Å². The van der Waals surface area contributed by atoms with Gasteiger partial charge in [-0.05, 0) is 18.8 Å². The third-order valence-electron chi connectivity index (χ3n) is 4.78. The molecule has 0 aromatic heterocycles.